The summed E-state index contributed by atoms with van der Waals surface area (Å²) in [5.41, 5.74) is 8.26. The molecule has 1 rings (SSSR count). The predicted molar refractivity (Wildman–Crippen MR) is 72.1 cm³/mol. The number of carbonyl (C=O) groups is 1. The van der Waals surface area contributed by atoms with Crippen LogP contribution < -0.4 is 15.9 Å². The summed E-state index contributed by atoms with van der Waals surface area (Å²) in [6.07, 6.45) is 1.46. The zero-order valence-electron chi connectivity index (χ0n) is 9.09. The minimum Gasteiger partial charge on any atom is -0.480 e. The van der Waals surface area contributed by atoms with Gasteiger partial charge in [-0.25, -0.2) is 4.79 Å². The van der Waals surface area contributed by atoms with Crippen molar-refractivity contribution in [2.45, 2.75) is 0 Å². The number of nitrogens with two attached hydrogens (primary N) is 1. The first-order valence-electron chi connectivity index (χ1n) is 4.71. The van der Waals surface area contributed by atoms with Gasteiger partial charge in [0.25, 0.3) is 0 Å². The second-order valence-corrected chi connectivity index (χ2v) is 3.95. The first-order chi connectivity index (χ1) is 8.49. The lowest BCUT2D eigenvalue weighted by Gasteiger charge is -2.05. The average Bonchev–Trinajstić information content (AvgIpc) is 2.27. The first-order valence-corrected chi connectivity index (χ1v) is 5.50. The van der Waals surface area contributed by atoms with Crippen LogP contribution in [-0.2, 0) is 4.79 Å². The minimum absolute atomic E-state index is 0.0544. The van der Waals surface area contributed by atoms with Crippen LogP contribution in [0.3, 0.4) is 0 Å². The van der Waals surface area contributed by atoms with Crippen LogP contribution in [-0.4, -0.2) is 29.0 Å². The van der Waals surface area contributed by atoms with Crippen LogP contribution in [0.15, 0.2) is 23.3 Å². The maximum absolute atomic E-state index is 10.3. The topological polar surface area (TPSA) is 96.9 Å². The Labute approximate surface area is 113 Å². The van der Waals surface area contributed by atoms with Crippen molar-refractivity contribution in [1.29, 1.82) is 0 Å². The van der Waals surface area contributed by atoms with Crippen LogP contribution in [0.4, 0.5) is 0 Å². The van der Waals surface area contributed by atoms with E-state index in [9.17, 15) is 4.79 Å². The molecule has 0 unspecified atom stereocenters. The smallest absolute Gasteiger partial charge is 0.341 e. The fourth-order valence-corrected chi connectivity index (χ4v) is 1.32. The highest BCUT2D eigenvalue weighted by Crippen LogP contribution is 2.24. The Kier molecular flexibility index (Phi) is 5.34. The van der Waals surface area contributed by atoms with Crippen molar-refractivity contribution in [2.75, 3.05) is 6.61 Å². The number of benzene rings is 1. The highest BCUT2D eigenvalue weighted by atomic mass is 35.5. The third-order valence-corrected chi connectivity index (χ3v) is 2.08. The third kappa shape index (κ3) is 4.98. The molecule has 0 aliphatic carbocycles. The quantitative estimate of drug-likeness (QED) is 0.424. The van der Waals surface area contributed by atoms with E-state index in [1.54, 1.807) is 18.2 Å². The summed E-state index contributed by atoms with van der Waals surface area (Å²) in [6.45, 7) is -0.448. The first kappa shape index (κ1) is 14.2. The lowest BCUT2D eigenvalue weighted by Crippen LogP contribution is -2.23. The standard InChI is InChI=1S/C10H10ClN3O3S/c11-7-3-6(4-13-14-10(12)18)1-2-8(7)17-5-9(15)16/h1-4H,5H2,(H,15,16)(H3,12,14,18)/b13-4-. The zero-order chi connectivity index (χ0) is 13.5. The van der Waals surface area contributed by atoms with Gasteiger partial charge in [-0.3, -0.25) is 5.43 Å². The van der Waals surface area contributed by atoms with Gasteiger partial charge in [0.1, 0.15) is 5.75 Å². The van der Waals surface area contributed by atoms with Crippen molar-refractivity contribution < 1.29 is 14.6 Å². The predicted octanol–water partition coefficient (Wildman–Crippen LogP) is 0.971. The second-order valence-electron chi connectivity index (χ2n) is 3.11. The van der Waals surface area contributed by atoms with E-state index in [2.05, 4.69) is 22.7 Å². The van der Waals surface area contributed by atoms with Gasteiger partial charge in [-0.15, -0.1) is 0 Å². The summed E-state index contributed by atoms with van der Waals surface area (Å²) in [5, 5.41) is 12.6. The van der Waals surface area contributed by atoms with Crippen LogP contribution in [0.1, 0.15) is 5.56 Å². The highest BCUT2D eigenvalue weighted by Gasteiger charge is 2.04. The van der Waals surface area contributed by atoms with Gasteiger partial charge >= 0.3 is 5.97 Å². The maximum Gasteiger partial charge on any atom is 0.341 e. The molecule has 0 fully saturated rings. The molecule has 0 spiro atoms. The molecular formula is C10H10ClN3O3S. The highest BCUT2D eigenvalue weighted by molar-refractivity contribution is 7.80. The summed E-state index contributed by atoms with van der Waals surface area (Å²) >= 11 is 10.5. The van der Waals surface area contributed by atoms with Gasteiger partial charge in [0.2, 0.25) is 0 Å². The number of halogens is 1. The molecule has 6 nitrogen and oxygen atoms in total. The number of hydrogen-bond acceptors (Lipinski definition) is 4. The van der Waals surface area contributed by atoms with Crippen molar-refractivity contribution in [2.24, 2.45) is 10.8 Å². The fourth-order valence-electron chi connectivity index (χ4n) is 1.02. The third-order valence-electron chi connectivity index (χ3n) is 1.70. The molecule has 96 valence electrons. The fraction of sp³-hybridized carbons (Fsp3) is 0.100. The van der Waals surface area contributed by atoms with Crippen LogP contribution in [0, 0.1) is 0 Å². The number of hydrazone groups is 1. The molecule has 0 atom stereocenters. The number of rotatable bonds is 5. The summed E-state index contributed by atoms with van der Waals surface area (Å²) in [6, 6.07) is 4.78. The molecular weight excluding hydrogens is 278 g/mol. The normalized spacial score (nSPS) is 10.3. The molecule has 0 bridgehead atoms. The van der Waals surface area contributed by atoms with Crippen LogP contribution in [0.2, 0.25) is 5.02 Å². The second kappa shape index (κ2) is 6.77. The molecule has 4 N–H and O–H groups in total. The number of thiocarbonyl (C=S) groups is 1. The van der Waals surface area contributed by atoms with Gasteiger partial charge < -0.3 is 15.6 Å². The summed E-state index contributed by atoms with van der Waals surface area (Å²) in [7, 11) is 0. The van der Waals surface area contributed by atoms with Crippen molar-refractivity contribution in [3.05, 3.63) is 28.8 Å². The number of aliphatic carboxylic acids is 1. The SMILES string of the molecule is NC(=S)N/N=C\c1ccc(OCC(=O)O)c(Cl)c1. The Balaban J connectivity index is 2.69. The maximum atomic E-state index is 10.3. The van der Waals surface area contributed by atoms with Gasteiger partial charge in [-0.2, -0.15) is 5.10 Å². The molecule has 0 saturated carbocycles. The monoisotopic (exact) mass is 287 g/mol. The summed E-state index contributed by atoms with van der Waals surface area (Å²) < 4.78 is 4.96. The van der Waals surface area contributed by atoms with Crippen molar-refractivity contribution in [3.63, 3.8) is 0 Å². The van der Waals surface area contributed by atoms with Gasteiger partial charge in [0.15, 0.2) is 11.7 Å². The largest absolute Gasteiger partial charge is 0.480 e. The van der Waals surface area contributed by atoms with E-state index in [4.69, 9.17) is 27.2 Å². The number of carboxylic acid groups (broad SMARTS) is 1. The minimum atomic E-state index is -1.07. The van der Waals surface area contributed by atoms with E-state index >= 15 is 0 Å². The van der Waals surface area contributed by atoms with Gasteiger partial charge in [0.05, 0.1) is 11.2 Å². The van der Waals surface area contributed by atoms with Crippen molar-refractivity contribution in [3.8, 4) is 5.75 Å². The van der Waals surface area contributed by atoms with E-state index in [0.29, 0.717) is 11.3 Å². The molecule has 0 heterocycles. The van der Waals surface area contributed by atoms with Crippen LogP contribution >= 0.6 is 23.8 Å². The van der Waals surface area contributed by atoms with E-state index < -0.39 is 12.6 Å². The van der Waals surface area contributed by atoms with Crippen LogP contribution in [0.5, 0.6) is 5.75 Å². The molecule has 0 aromatic heterocycles. The van der Waals surface area contributed by atoms with Gasteiger partial charge in [-0.05, 0) is 36.0 Å². The Bertz CT molecular complexity index is 493. The molecule has 8 heteroatoms. The van der Waals surface area contributed by atoms with Crippen LogP contribution in [0.25, 0.3) is 0 Å². The molecule has 0 radical (unpaired) electrons. The number of ether oxygens (including phenoxy) is 1. The van der Waals surface area contributed by atoms with Crippen molar-refractivity contribution >= 4 is 41.1 Å². The zero-order valence-corrected chi connectivity index (χ0v) is 10.7. The molecule has 1 aromatic carbocycles. The molecule has 0 amide bonds. The number of carboxylic acids is 1. The van der Waals surface area contributed by atoms with Gasteiger partial charge in [-0.1, -0.05) is 11.6 Å². The molecule has 0 saturated heterocycles. The summed E-state index contributed by atoms with van der Waals surface area (Å²) in [4.78, 5) is 10.3. The van der Waals surface area contributed by atoms with Crippen molar-refractivity contribution in [1.82, 2.24) is 5.43 Å². The van der Waals surface area contributed by atoms with E-state index in [-0.39, 0.29) is 10.1 Å². The Morgan fingerprint density at radius 3 is 2.94 bits per heavy atom. The molecule has 0 aliphatic heterocycles. The Morgan fingerprint density at radius 2 is 2.39 bits per heavy atom. The molecule has 18 heavy (non-hydrogen) atoms. The Hall–Kier alpha value is -1.86. The summed E-state index contributed by atoms with van der Waals surface area (Å²) in [5.74, 6) is -0.782. The lowest BCUT2D eigenvalue weighted by molar-refractivity contribution is -0.139. The lowest BCUT2D eigenvalue weighted by atomic mass is 10.2. The average molecular weight is 288 g/mol. The Morgan fingerprint density at radius 1 is 1.67 bits per heavy atom. The van der Waals surface area contributed by atoms with E-state index in [1.165, 1.54) is 6.21 Å². The van der Waals surface area contributed by atoms with Gasteiger partial charge in [0, 0.05) is 0 Å². The molecule has 0 aliphatic rings. The molecule has 1 aromatic rings. The number of hydrogen-bond donors (Lipinski definition) is 3. The van der Waals surface area contributed by atoms with E-state index in [1.807, 2.05) is 0 Å². The van der Waals surface area contributed by atoms with E-state index in [0.717, 1.165) is 0 Å². The number of nitrogens with one attached hydrogen (secondary N) is 1. The number of nitrogens with zero attached hydrogens (tertiary/aromatic N) is 1.